The lowest BCUT2D eigenvalue weighted by molar-refractivity contribution is 0.103. The number of halogens is 1. The summed E-state index contributed by atoms with van der Waals surface area (Å²) in [6.45, 7) is 0. The number of anilines is 2. The van der Waals surface area contributed by atoms with Crippen LogP contribution in [-0.4, -0.2) is 20.6 Å². The van der Waals surface area contributed by atoms with Gasteiger partial charge in [-0.3, -0.25) is 9.52 Å². The molecule has 0 spiro atoms. The molecule has 3 aromatic rings. The first kappa shape index (κ1) is 18.6. The Balaban J connectivity index is 1.79. The Hall–Kier alpha value is -2.16. The van der Waals surface area contributed by atoms with E-state index in [1.54, 1.807) is 18.2 Å². The highest BCUT2D eigenvalue weighted by molar-refractivity contribution is 9.10. The SMILES string of the molecule is CS(=O)(=O)Nc1cc(Br)cc(NC(=O)c2cc(-c3ccccc3)cs2)c1. The van der Waals surface area contributed by atoms with E-state index in [0.717, 1.165) is 17.4 Å². The van der Waals surface area contributed by atoms with Crippen molar-refractivity contribution in [1.82, 2.24) is 0 Å². The third kappa shape index (κ3) is 4.94. The normalized spacial score (nSPS) is 11.2. The second-order valence-electron chi connectivity index (χ2n) is 5.62. The van der Waals surface area contributed by atoms with Crippen LogP contribution in [0.2, 0.25) is 0 Å². The Morgan fingerprint density at radius 3 is 2.38 bits per heavy atom. The number of thiophene rings is 1. The van der Waals surface area contributed by atoms with Crippen molar-refractivity contribution in [3.05, 3.63) is 69.3 Å². The lowest BCUT2D eigenvalue weighted by Crippen LogP contribution is -2.12. The highest BCUT2D eigenvalue weighted by Gasteiger charge is 2.12. The lowest BCUT2D eigenvalue weighted by atomic mass is 10.1. The van der Waals surface area contributed by atoms with Gasteiger partial charge in [0.15, 0.2) is 0 Å². The van der Waals surface area contributed by atoms with Gasteiger partial charge in [-0.1, -0.05) is 46.3 Å². The topological polar surface area (TPSA) is 75.3 Å². The summed E-state index contributed by atoms with van der Waals surface area (Å²) in [6, 6.07) is 16.5. The molecule has 1 heterocycles. The number of sulfonamides is 1. The van der Waals surface area contributed by atoms with Crippen molar-refractivity contribution in [3.63, 3.8) is 0 Å². The van der Waals surface area contributed by atoms with Crippen LogP contribution in [0, 0.1) is 0 Å². The zero-order valence-electron chi connectivity index (χ0n) is 13.7. The third-order valence-electron chi connectivity index (χ3n) is 3.39. The van der Waals surface area contributed by atoms with Crippen LogP contribution in [0.15, 0.2) is 64.5 Å². The number of nitrogens with one attached hydrogen (secondary N) is 2. The van der Waals surface area contributed by atoms with Gasteiger partial charge in [-0.25, -0.2) is 8.42 Å². The average molecular weight is 451 g/mol. The van der Waals surface area contributed by atoms with Crippen LogP contribution in [0.1, 0.15) is 9.67 Å². The minimum Gasteiger partial charge on any atom is -0.321 e. The zero-order valence-corrected chi connectivity index (χ0v) is 16.9. The predicted molar refractivity (Wildman–Crippen MR) is 110 cm³/mol. The molecule has 2 N–H and O–H groups in total. The van der Waals surface area contributed by atoms with Gasteiger partial charge in [0.25, 0.3) is 5.91 Å². The van der Waals surface area contributed by atoms with Crippen LogP contribution in [-0.2, 0) is 10.0 Å². The second kappa shape index (κ2) is 7.61. The molecule has 5 nitrogen and oxygen atoms in total. The maximum atomic E-state index is 12.5. The van der Waals surface area contributed by atoms with Crippen molar-refractivity contribution in [1.29, 1.82) is 0 Å². The van der Waals surface area contributed by atoms with Crippen molar-refractivity contribution in [2.45, 2.75) is 0 Å². The van der Waals surface area contributed by atoms with E-state index < -0.39 is 10.0 Å². The summed E-state index contributed by atoms with van der Waals surface area (Å²) in [7, 11) is -3.40. The molecular weight excluding hydrogens is 436 g/mol. The Morgan fingerprint density at radius 1 is 1.00 bits per heavy atom. The fraction of sp³-hybridized carbons (Fsp3) is 0.0556. The maximum absolute atomic E-state index is 12.5. The molecule has 26 heavy (non-hydrogen) atoms. The van der Waals surface area contributed by atoms with Crippen molar-refractivity contribution < 1.29 is 13.2 Å². The van der Waals surface area contributed by atoms with E-state index in [2.05, 4.69) is 26.0 Å². The van der Waals surface area contributed by atoms with E-state index in [1.165, 1.54) is 11.3 Å². The number of hydrogen-bond acceptors (Lipinski definition) is 4. The predicted octanol–water partition coefficient (Wildman–Crippen LogP) is 4.80. The minimum atomic E-state index is -3.40. The molecule has 134 valence electrons. The number of hydrogen-bond donors (Lipinski definition) is 2. The fourth-order valence-electron chi connectivity index (χ4n) is 2.36. The molecule has 2 aromatic carbocycles. The van der Waals surface area contributed by atoms with Gasteiger partial charge in [-0.05, 0) is 40.8 Å². The van der Waals surface area contributed by atoms with Gasteiger partial charge < -0.3 is 5.32 Å². The Labute approximate surface area is 164 Å². The van der Waals surface area contributed by atoms with Crippen molar-refractivity contribution in [2.24, 2.45) is 0 Å². The summed E-state index contributed by atoms with van der Waals surface area (Å²) >= 11 is 4.67. The van der Waals surface area contributed by atoms with Crippen LogP contribution in [0.25, 0.3) is 11.1 Å². The molecule has 0 bridgehead atoms. The highest BCUT2D eigenvalue weighted by Crippen LogP contribution is 2.28. The molecule has 0 aliphatic heterocycles. The molecular formula is C18H15BrN2O3S2. The average Bonchev–Trinajstić information content (AvgIpc) is 3.03. The van der Waals surface area contributed by atoms with E-state index >= 15 is 0 Å². The van der Waals surface area contributed by atoms with Crippen molar-refractivity contribution >= 4 is 54.6 Å². The smallest absolute Gasteiger partial charge is 0.265 e. The van der Waals surface area contributed by atoms with Gasteiger partial charge in [-0.15, -0.1) is 11.3 Å². The summed E-state index contributed by atoms with van der Waals surface area (Å²) in [4.78, 5) is 13.1. The molecule has 0 radical (unpaired) electrons. The maximum Gasteiger partial charge on any atom is 0.265 e. The molecule has 1 amide bonds. The van der Waals surface area contributed by atoms with Gasteiger partial charge in [0.2, 0.25) is 10.0 Å². The van der Waals surface area contributed by atoms with Crippen LogP contribution in [0.4, 0.5) is 11.4 Å². The number of carbonyl (C=O) groups is 1. The van der Waals surface area contributed by atoms with Crippen LogP contribution in [0.3, 0.4) is 0 Å². The van der Waals surface area contributed by atoms with E-state index in [9.17, 15) is 13.2 Å². The van der Waals surface area contributed by atoms with Crippen LogP contribution >= 0.6 is 27.3 Å². The molecule has 0 aliphatic rings. The molecule has 0 saturated carbocycles. The highest BCUT2D eigenvalue weighted by atomic mass is 79.9. The Kier molecular flexibility index (Phi) is 5.45. The first-order chi connectivity index (χ1) is 12.3. The molecule has 0 fully saturated rings. The third-order valence-corrected chi connectivity index (χ3v) is 5.38. The van der Waals surface area contributed by atoms with Gasteiger partial charge in [0.1, 0.15) is 0 Å². The standard InChI is InChI=1S/C18H15BrN2O3S2/c1-26(23,24)21-16-9-14(19)8-15(10-16)20-18(22)17-7-13(11-25-17)12-5-3-2-4-6-12/h2-11,21H,1H3,(H,20,22). The summed E-state index contributed by atoms with van der Waals surface area (Å²) < 4.78 is 25.8. The number of amides is 1. The van der Waals surface area contributed by atoms with Crippen LogP contribution in [0.5, 0.6) is 0 Å². The molecule has 1 aromatic heterocycles. The van der Waals surface area contributed by atoms with E-state index in [0.29, 0.717) is 20.7 Å². The summed E-state index contributed by atoms with van der Waals surface area (Å²) in [5, 5.41) is 4.73. The lowest BCUT2D eigenvalue weighted by Gasteiger charge is -2.09. The van der Waals surface area contributed by atoms with Crippen molar-refractivity contribution in [3.8, 4) is 11.1 Å². The van der Waals surface area contributed by atoms with Gasteiger partial charge in [0, 0.05) is 10.2 Å². The Bertz CT molecular complexity index is 1050. The van der Waals surface area contributed by atoms with E-state index in [-0.39, 0.29) is 5.91 Å². The van der Waals surface area contributed by atoms with E-state index in [4.69, 9.17) is 0 Å². The zero-order chi connectivity index (χ0) is 18.7. The van der Waals surface area contributed by atoms with Gasteiger partial charge in [-0.2, -0.15) is 0 Å². The minimum absolute atomic E-state index is 0.249. The van der Waals surface area contributed by atoms with Gasteiger partial charge >= 0.3 is 0 Å². The summed E-state index contributed by atoms with van der Waals surface area (Å²) in [6.07, 6.45) is 1.07. The number of carbonyl (C=O) groups excluding carboxylic acids is 1. The summed E-state index contributed by atoms with van der Waals surface area (Å²) in [5.74, 6) is -0.249. The fourth-order valence-corrected chi connectivity index (χ4v) is 4.22. The largest absolute Gasteiger partial charge is 0.321 e. The molecule has 8 heteroatoms. The molecule has 0 atom stereocenters. The van der Waals surface area contributed by atoms with Gasteiger partial charge in [0.05, 0.1) is 16.8 Å². The molecule has 0 saturated heterocycles. The Morgan fingerprint density at radius 2 is 1.69 bits per heavy atom. The molecule has 0 unspecified atom stereocenters. The first-order valence-electron chi connectivity index (χ1n) is 7.54. The van der Waals surface area contributed by atoms with Crippen LogP contribution < -0.4 is 10.0 Å². The first-order valence-corrected chi connectivity index (χ1v) is 11.1. The number of rotatable bonds is 5. The number of benzene rings is 2. The molecule has 3 rings (SSSR count). The quantitative estimate of drug-likeness (QED) is 0.585. The molecule has 0 aliphatic carbocycles. The van der Waals surface area contributed by atoms with E-state index in [1.807, 2.05) is 41.8 Å². The van der Waals surface area contributed by atoms with Crippen molar-refractivity contribution in [2.75, 3.05) is 16.3 Å². The summed E-state index contributed by atoms with van der Waals surface area (Å²) in [5.41, 5.74) is 2.89. The second-order valence-corrected chi connectivity index (χ2v) is 9.20. The monoisotopic (exact) mass is 450 g/mol.